The van der Waals surface area contributed by atoms with Gasteiger partial charge in [-0.25, -0.2) is 8.78 Å². The summed E-state index contributed by atoms with van der Waals surface area (Å²) in [4.78, 5) is 21.8. The Kier molecular flexibility index (Phi) is 4.19. The minimum atomic E-state index is -1.26. The van der Waals surface area contributed by atoms with Crippen LogP contribution in [0.5, 0.6) is 5.75 Å². The molecule has 2 amide bonds. The van der Waals surface area contributed by atoms with E-state index >= 15 is 0 Å². The highest BCUT2D eigenvalue weighted by atomic mass is 19.1. The van der Waals surface area contributed by atoms with Crippen molar-refractivity contribution >= 4 is 11.8 Å². The summed E-state index contributed by atoms with van der Waals surface area (Å²) in [6, 6.07) is 1.79. The molecule has 0 aliphatic carbocycles. The van der Waals surface area contributed by atoms with Crippen LogP contribution in [0.25, 0.3) is 0 Å². The molecule has 18 heavy (non-hydrogen) atoms. The average molecular weight is 258 g/mol. The molecule has 0 aliphatic rings. The lowest BCUT2D eigenvalue weighted by Crippen LogP contribution is -2.33. The van der Waals surface area contributed by atoms with Gasteiger partial charge in [0.15, 0.2) is 17.7 Å². The number of halogens is 2. The minimum Gasteiger partial charge on any atom is -0.478 e. The average Bonchev–Trinajstić information content (AvgIpc) is 2.27. The number of benzene rings is 1. The van der Waals surface area contributed by atoms with Gasteiger partial charge in [-0.05, 0) is 18.6 Å². The van der Waals surface area contributed by atoms with E-state index in [1.165, 1.54) is 0 Å². The summed E-state index contributed by atoms with van der Waals surface area (Å²) in [6.45, 7) is 1.60. The second-order valence-corrected chi connectivity index (χ2v) is 3.52. The van der Waals surface area contributed by atoms with Gasteiger partial charge in [0.25, 0.3) is 11.8 Å². The highest BCUT2D eigenvalue weighted by molar-refractivity contribution is 5.93. The fourth-order valence-corrected chi connectivity index (χ4v) is 1.35. The first kappa shape index (κ1) is 13.9. The summed E-state index contributed by atoms with van der Waals surface area (Å²) >= 11 is 0. The minimum absolute atomic E-state index is 0.206. The van der Waals surface area contributed by atoms with Crippen molar-refractivity contribution in [2.75, 3.05) is 0 Å². The van der Waals surface area contributed by atoms with Gasteiger partial charge in [0, 0.05) is 0 Å². The molecule has 1 atom stereocenters. The van der Waals surface area contributed by atoms with E-state index in [0.29, 0.717) is 0 Å². The Balaban J connectivity index is 3.15. The summed E-state index contributed by atoms with van der Waals surface area (Å²) < 4.78 is 31.9. The van der Waals surface area contributed by atoms with Crippen molar-refractivity contribution in [2.45, 2.75) is 19.4 Å². The van der Waals surface area contributed by atoms with Crippen molar-refractivity contribution in [1.82, 2.24) is 0 Å². The largest absolute Gasteiger partial charge is 0.478 e. The van der Waals surface area contributed by atoms with Gasteiger partial charge < -0.3 is 16.2 Å². The first-order valence-electron chi connectivity index (χ1n) is 5.12. The van der Waals surface area contributed by atoms with Crippen LogP contribution in [-0.4, -0.2) is 17.9 Å². The van der Waals surface area contributed by atoms with E-state index in [1.54, 1.807) is 6.92 Å². The van der Waals surface area contributed by atoms with E-state index in [1.807, 2.05) is 0 Å². The number of hydrogen-bond acceptors (Lipinski definition) is 3. The zero-order chi connectivity index (χ0) is 13.9. The molecular formula is C11H12F2N2O3. The van der Waals surface area contributed by atoms with Crippen molar-refractivity contribution in [3.05, 3.63) is 29.3 Å². The Morgan fingerprint density at radius 1 is 1.33 bits per heavy atom. The standard InChI is InChI=1S/C11H12F2N2O3/c1-2-6(10(14)16)18-7-4-3-5(12)8(9(7)13)11(15)17/h3-4,6H,2H2,1H3,(H2,14,16)(H2,15,17). The third-order valence-corrected chi connectivity index (χ3v) is 2.26. The SMILES string of the molecule is CCC(Oc1ccc(F)c(C(N)=O)c1F)C(N)=O. The zero-order valence-corrected chi connectivity index (χ0v) is 9.57. The number of ether oxygens (including phenoxy) is 1. The molecule has 7 heteroatoms. The Morgan fingerprint density at radius 3 is 2.39 bits per heavy atom. The quantitative estimate of drug-likeness (QED) is 0.814. The van der Waals surface area contributed by atoms with Crippen LogP contribution in [0.15, 0.2) is 12.1 Å². The van der Waals surface area contributed by atoms with E-state index in [0.717, 1.165) is 12.1 Å². The zero-order valence-electron chi connectivity index (χ0n) is 9.57. The molecule has 98 valence electrons. The van der Waals surface area contributed by atoms with E-state index < -0.39 is 40.9 Å². The van der Waals surface area contributed by atoms with Crippen LogP contribution >= 0.6 is 0 Å². The molecule has 0 saturated carbocycles. The summed E-state index contributed by atoms with van der Waals surface area (Å²) in [5.74, 6) is -4.85. The van der Waals surface area contributed by atoms with Gasteiger partial charge in [-0.3, -0.25) is 9.59 Å². The normalized spacial score (nSPS) is 11.9. The molecule has 1 aromatic rings. The molecule has 0 fully saturated rings. The van der Waals surface area contributed by atoms with Crippen LogP contribution in [-0.2, 0) is 4.79 Å². The highest BCUT2D eigenvalue weighted by Crippen LogP contribution is 2.24. The van der Waals surface area contributed by atoms with Crippen molar-refractivity contribution in [3.8, 4) is 5.75 Å². The first-order chi connectivity index (χ1) is 8.38. The molecule has 4 N–H and O–H groups in total. The Morgan fingerprint density at radius 2 is 1.94 bits per heavy atom. The predicted molar refractivity (Wildman–Crippen MR) is 58.8 cm³/mol. The van der Waals surface area contributed by atoms with Gasteiger partial charge in [0.1, 0.15) is 11.4 Å². The highest BCUT2D eigenvalue weighted by Gasteiger charge is 2.22. The molecule has 1 rings (SSSR count). The molecule has 0 aromatic heterocycles. The number of nitrogens with two attached hydrogens (primary N) is 2. The maximum atomic E-state index is 13.7. The van der Waals surface area contributed by atoms with Gasteiger partial charge in [-0.1, -0.05) is 6.92 Å². The molecule has 0 spiro atoms. The fraction of sp³-hybridized carbons (Fsp3) is 0.273. The predicted octanol–water partition coefficient (Wildman–Crippen LogP) is 0.706. The monoisotopic (exact) mass is 258 g/mol. The van der Waals surface area contributed by atoms with Gasteiger partial charge in [-0.2, -0.15) is 0 Å². The molecule has 0 radical (unpaired) electrons. The summed E-state index contributed by atoms with van der Waals surface area (Å²) in [6.07, 6.45) is -0.858. The molecular weight excluding hydrogens is 246 g/mol. The smallest absolute Gasteiger partial charge is 0.258 e. The van der Waals surface area contributed by atoms with E-state index in [4.69, 9.17) is 16.2 Å². The van der Waals surface area contributed by atoms with Crippen LogP contribution in [0.3, 0.4) is 0 Å². The van der Waals surface area contributed by atoms with Crippen LogP contribution < -0.4 is 16.2 Å². The number of primary amides is 2. The van der Waals surface area contributed by atoms with Crippen molar-refractivity contribution in [1.29, 1.82) is 0 Å². The van der Waals surface area contributed by atoms with Crippen LogP contribution in [0.4, 0.5) is 8.78 Å². The maximum absolute atomic E-state index is 13.7. The fourth-order valence-electron chi connectivity index (χ4n) is 1.35. The second kappa shape index (κ2) is 5.44. The number of carbonyl (C=O) groups excluding carboxylic acids is 2. The first-order valence-corrected chi connectivity index (χ1v) is 5.12. The van der Waals surface area contributed by atoms with Crippen molar-refractivity contribution < 1.29 is 23.1 Å². The summed E-state index contributed by atoms with van der Waals surface area (Å²) in [7, 11) is 0. The van der Waals surface area contributed by atoms with Gasteiger partial charge in [0.2, 0.25) is 0 Å². The molecule has 1 aromatic carbocycles. The third kappa shape index (κ3) is 2.73. The van der Waals surface area contributed by atoms with Crippen molar-refractivity contribution in [2.24, 2.45) is 11.5 Å². The topological polar surface area (TPSA) is 95.4 Å². The van der Waals surface area contributed by atoms with Crippen LogP contribution in [0, 0.1) is 11.6 Å². The molecule has 0 bridgehead atoms. The molecule has 0 aliphatic heterocycles. The molecule has 1 unspecified atom stereocenters. The molecule has 5 nitrogen and oxygen atoms in total. The number of rotatable bonds is 5. The van der Waals surface area contributed by atoms with E-state index in [9.17, 15) is 18.4 Å². The second-order valence-electron chi connectivity index (χ2n) is 3.52. The summed E-state index contributed by atoms with van der Waals surface area (Å²) in [5, 5.41) is 0. The van der Waals surface area contributed by atoms with Gasteiger partial charge in [0.05, 0.1) is 0 Å². The molecule has 0 heterocycles. The van der Waals surface area contributed by atoms with Crippen LogP contribution in [0.2, 0.25) is 0 Å². The Hall–Kier alpha value is -2.18. The summed E-state index contributed by atoms with van der Waals surface area (Å²) in [5.41, 5.74) is 8.95. The van der Waals surface area contributed by atoms with E-state index in [-0.39, 0.29) is 6.42 Å². The maximum Gasteiger partial charge on any atom is 0.258 e. The Labute approximate surface area is 102 Å². The van der Waals surface area contributed by atoms with Crippen LogP contribution in [0.1, 0.15) is 23.7 Å². The lowest BCUT2D eigenvalue weighted by molar-refractivity contribution is -0.124. The number of amides is 2. The van der Waals surface area contributed by atoms with Gasteiger partial charge in [-0.15, -0.1) is 0 Å². The Bertz CT molecular complexity index is 491. The lowest BCUT2D eigenvalue weighted by Gasteiger charge is -2.15. The van der Waals surface area contributed by atoms with Crippen molar-refractivity contribution in [3.63, 3.8) is 0 Å². The van der Waals surface area contributed by atoms with E-state index in [2.05, 4.69) is 0 Å². The molecule has 0 saturated heterocycles. The number of hydrogen-bond donors (Lipinski definition) is 2. The lowest BCUT2D eigenvalue weighted by atomic mass is 10.1. The third-order valence-electron chi connectivity index (χ3n) is 2.26. The van der Waals surface area contributed by atoms with Gasteiger partial charge >= 0.3 is 0 Å². The number of carbonyl (C=O) groups is 2.